The summed E-state index contributed by atoms with van der Waals surface area (Å²) in [4.78, 5) is 25.4. The quantitative estimate of drug-likeness (QED) is 0.539. The van der Waals surface area contributed by atoms with E-state index in [-0.39, 0.29) is 17.4 Å². The molecule has 0 unspecified atom stereocenters. The summed E-state index contributed by atoms with van der Waals surface area (Å²) in [6.45, 7) is 12.8. The van der Waals surface area contributed by atoms with Gasteiger partial charge in [0.15, 0.2) is 8.32 Å². The highest BCUT2D eigenvalue weighted by Gasteiger charge is 2.40. The molecule has 1 atom stereocenters. The molecule has 0 aliphatic carbocycles. The van der Waals surface area contributed by atoms with Crippen molar-refractivity contribution >= 4 is 20.2 Å². The van der Waals surface area contributed by atoms with Gasteiger partial charge in [0.05, 0.1) is 5.41 Å². The molecule has 0 fully saturated rings. The van der Waals surface area contributed by atoms with Crippen molar-refractivity contribution in [3.8, 4) is 0 Å². The van der Waals surface area contributed by atoms with E-state index in [1.807, 2.05) is 67.6 Å². The lowest BCUT2D eigenvalue weighted by Crippen LogP contribution is -2.51. The van der Waals surface area contributed by atoms with Crippen molar-refractivity contribution in [2.75, 3.05) is 6.61 Å². The van der Waals surface area contributed by atoms with Crippen molar-refractivity contribution in [1.29, 1.82) is 0 Å². The molecule has 0 radical (unpaired) electrons. The topological polar surface area (TPSA) is 75.6 Å². The van der Waals surface area contributed by atoms with Gasteiger partial charge in [-0.2, -0.15) is 0 Å². The van der Waals surface area contributed by atoms with Crippen molar-refractivity contribution in [2.45, 2.75) is 63.7 Å². The SMILES string of the molecule is CC(C(=O)N[C@H](CCO[Si](C)(C)C(C)(C)C)C(=O)O)(c1ccccc1)c1ccccc1. The smallest absolute Gasteiger partial charge is 0.326 e. The first-order valence-electron chi connectivity index (χ1n) is 10.7. The van der Waals surface area contributed by atoms with Crippen LogP contribution < -0.4 is 5.32 Å². The van der Waals surface area contributed by atoms with Crippen LogP contribution in [0.1, 0.15) is 45.2 Å². The molecule has 0 saturated carbocycles. The number of carboxylic acids is 1. The number of carbonyl (C=O) groups excluding carboxylic acids is 1. The van der Waals surface area contributed by atoms with Gasteiger partial charge < -0.3 is 14.8 Å². The van der Waals surface area contributed by atoms with Gasteiger partial charge in [0.1, 0.15) is 6.04 Å². The van der Waals surface area contributed by atoms with Gasteiger partial charge in [-0.3, -0.25) is 4.79 Å². The maximum absolute atomic E-state index is 13.5. The van der Waals surface area contributed by atoms with Crippen molar-refractivity contribution in [3.05, 3.63) is 71.8 Å². The molecule has 1 amide bonds. The van der Waals surface area contributed by atoms with Crippen LogP contribution in [-0.4, -0.2) is 37.9 Å². The summed E-state index contributed by atoms with van der Waals surface area (Å²) in [5.41, 5.74) is 0.594. The average molecular weight is 442 g/mol. The Balaban J connectivity index is 2.23. The third kappa shape index (κ3) is 5.83. The van der Waals surface area contributed by atoms with Crippen molar-refractivity contribution in [1.82, 2.24) is 5.32 Å². The Kier molecular flexibility index (Phi) is 7.84. The summed E-state index contributed by atoms with van der Waals surface area (Å²) >= 11 is 0. The van der Waals surface area contributed by atoms with E-state index in [1.165, 1.54) is 0 Å². The molecule has 0 aliphatic rings. The normalized spacial score (nSPS) is 13.5. The summed E-state index contributed by atoms with van der Waals surface area (Å²) in [5, 5.41) is 12.6. The zero-order chi connectivity index (χ0) is 23.3. The Morgan fingerprint density at radius 2 is 1.39 bits per heavy atom. The molecule has 0 bridgehead atoms. The van der Waals surface area contributed by atoms with Crippen LogP contribution in [0.3, 0.4) is 0 Å². The van der Waals surface area contributed by atoms with Crippen LogP contribution in [0.2, 0.25) is 18.1 Å². The zero-order valence-electron chi connectivity index (χ0n) is 19.4. The van der Waals surface area contributed by atoms with E-state index in [9.17, 15) is 14.7 Å². The van der Waals surface area contributed by atoms with Crippen LogP contribution in [0, 0.1) is 0 Å². The van der Waals surface area contributed by atoms with Crippen LogP contribution >= 0.6 is 0 Å². The summed E-state index contributed by atoms with van der Waals surface area (Å²) in [7, 11) is -1.99. The highest BCUT2D eigenvalue weighted by Crippen LogP contribution is 2.36. The first-order valence-corrected chi connectivity index (χ1v) is 13.6. The van der Waals surface area contributed by atoms with Crippen molar-refractivity contribution in [2.24, 2.45) is 0 Å². The minimum Gasteiger partial charge on any atom is -0.480 e. The van der Waals surface area contributed by atoms with Gasteiger partial charge in [0, 0.05) is 13.0 Å². The number of hydrogen-bond donors (Lipinski definition) is 2. The van der Waals surface area contributed by atoms with Gasteiger partial charge in [-0.1, -0.05) is 81.4 Å². The molecule has 2 aromatic carbocycles. The van der Waals surface area contributed by atoms with E-state index in [1.54, 1.807) is 0 Å². The average Bonchev–Trinajstić information content (AvgIpc) is 2.72. The second kappa shape index (κ2) is 9.79. The largest absolute Gasteiger partial charge is 0.480 e. The molecule has 0 saturated heterocycles. The molecule has 6 heteroatoms. The second-order valence-electron chi connectivity index (χ2n) is 9.62. The Hall–Kier alpha value is -2.44. The minimum absolute atomic E-state index is 0.0359. The lowest BCUT2D eigenvalue weighted by atomic mass is 9.75. The first kappa shape index (κ1) is 24.8. The predicted molar refractivity (Wildman–Crippen MR) is 127 cm³/mol. The molecule has 31 heavy (non-hydrogen) atoms. The molecule has 2 N–H and O–H groups in total. The van der Waals surface area contributed by atoms with Gasteiger partial charge in [0.2, 0.25) is 5.91 Å². The van der Waals surface area contributed by atoms with E-state index in [2.05, 4.69) is 39.2 Å². The van der Waals surface area contributed by atoms with Crippen LogP contribution in [0.4, 0.5) is 0 Å². The van der Waals surface area contributed by atoms with Crippen molar-refractivity contribution < 1.29 is 19.1 Å². The first-order chi connectivity index (χ1) is 14.4. The van der Waals surface area contributed by atoms with Gasteiger partial charge in [-0.15, -0.1) is 0 Å². The number of benzene rings is 2. The number of nitrogens with one attached hydrogen (secondary N) is 1. The summed E-state index contributed by atoms with van der Waals surface area (Å²) in [5.74, 6) is -1.40. The van der Waals surface area contributed by atoms with E-state index in [0.29, 0.717) is 6.61 Å². The van der Waals surface area contributed by atoms with E-state index in [0.717, 1.165) is 11.1 Å². The fourth-order valence-corrected chi connectivity index (χ4v) is 4.24. The van der Waals surface area contributed by atoms with Gasteiger partial charge in [0.25, 0.3) is 0 Å². The Morgan fingerprint density at radius 1 is 0.935 bits per heavy atom. The van der Waals surface area contributed by atoms with Gasteiger partial charge in [-0.05, 0) is 36.2 Å². The number of carbonyl (C=O) groups is 2. The summed E-state index contributed by atoms with van der Waals surface area (Å²) in [6, 6.07) is 17.9. The van der Waals surface area contributed by atoms with Crippen molar-refractivity contribution in [3.63, 3.8) is 0 Å². The van der Waals surface area contributed by atoms with E-state index < -0.39 is 25.7 Å². The second-order valence-corrected chi connectivity index (χ2v) is 14.4. The molecule has 0 heterocycles. The van der Waals surface area contributed by atoms with Gasteiger partial charge in [-0.25, -0.2) is 4.79 Å². The van der Waals surface area contributed by atoms with Crippen LogP contribution in [0.15, 0.2) is 60.7 Å². The lowest BCUT2D eigenvalue weighted by molar-refractivity contribution is -0.142. The summed E-state index contributed by atoms with van der Waals surface area (Å²) < 4.78 is 6.14. The highest BCUT2D eigenvalue weighted by molar-refractivity contribution is 6.74. The Bertz CT molecular complexity index is 836. The molecule has 5 nitrogen and oxygen atoms in total. The maximum Gasteiger partial charge on any atom is 0.326 e. The maximum atomic E-state index is 13.5. The number of carboxylic acid groups (broad SMARTS) is 1. The lowest BCUT2D eigenvalue weighted by Gasteiger charge is -2.36. The monoisotopic (exact) mass is 441 g/mol. The Morgan fingerprint density at radius 3 is 1.77 bits per heavy atom. The third-order valence-electron chi connectivity index (χ3n) is 6.44. The Labute approximate surface area is 187 Å². The number of amides is 1. The standard InChI is InChI=1S/C25H35NO4Si/c1-24(2,3)31(5,6)30-18-17-21(22(27)28)26-23(29)25(4,19-13-9-7-10-14-19)20-15-11-8-12-16-20/h7-16,21H,17-18H2,1-6H3,(H,26,29)(H,27,28)/t21-/m1/s1. The van der Waals surface area contributed by atoms with Crippen LogP contribution in [0.5, 0.6) is 0 Å². The predicted octanol–water partition coefficient (Wildman–Crippen LogP) is 4.97. The molecule has 0 aliphatic heterocycles. The van der Waals surface area contributed by atoms with Crippen LogP contribution in [-0.2, 0) is 19.4 Å². The molecular weight excluding hydrogens is 406 g/mol. The molecule has 0 spiro atoms. The molecule has 2 aromatic rings. The van der Waals surface area contributed by atoms with Gasteiger partial charge >= 0.3 is 5.97 Å². The minimum atomic E-state index is -1.99. The highest BCUT2D eigenvalue weighted by atomic mass is 28.4. The molecule has 168 valence electrons. The zero-order valence-corrected chi connectivity index (χ0v) is 20.4. The van der Waals surface area contributed by atoms with E-state index >= 15 is 0 Å². The summed E-state index contributed by atoms with van der Waals surface area (Å²) in [6.07, 6.45) is 0.216. The van der Waals surface area contributed by atoms with E-state index in [4.69, 9.17) is 4.43 Å². The number of aliphatic carboxylic acids is 1. The molecule has 0 aromatic heterocycles. The fraction of sp³-hybridized carbons (Fsp3) is 0.440. The number of hydrogen-bond acceptors (Lipinski definition) is 3. The molecular formula is C25H35NO4Si. The number of rotatable bonds is 9. The molecule has 2 rings (SSSR count). The third-order valence-corrected chi connectivity index (χ3v) is 11.0. The fourth-order valence-electron chi connectivity index (χ4n) is 3.18. The van der Waals surface area contributed by atoms with Crippen LogP contribution in [0.25, 0.3) is 0 Å².